The van der Waals surface area contributed by atoms with Crippen LogP contribution in [0.25, 0.3) is 6.20 Å². The highest BCUT2D eigenvalue weighted by Gasteiger charge is 1.80. The molecule has 0 aliphatic carbocycles. The van der Waals surface area contributed by atoms with E-state index in [1.807, 2.05) is 19.2 Å². The molecule has 3 heteroatoms. The maximum absolute atomic E-state index is 7.32. The molecule has 1 rings (SSSR count). The minimum atomic E-state index is 0.389. The van der Waals surface area contributed by atoms with E-state index in [1.54, 1.807) is 17.0 Å². The van der Waals surface area contributed by atoms with Crippen LogP contribution >= 0.6 is 0 Å². The predicted octanol–water partition coefficient (Wildman–Crippen LogP) is 0.853. The summed E-state index contributed by atoms with van der Waals surface area (Å²) in [5.74, 6) is 0. The van der Waals surface area contributed by atoms with Gasteiger partial charge in [0.15, 0.2) is 0 Å². The third-order valence-electron chi connectivity index (χ3n) is 1.10. The minimum absolute atomic E-state index is 0.389. The molecule has 0 aliphatic rings. The van der Waals surface area contributed by atoms with Crippen molar-refractivity contribution in [2.45, 2.75) is 6.92 Å². The third kappa shape index (κ3) is 1.31. The summed E-state index contributed by atoms with van der Waals surface area (Å²) in [6, 6.07) is 0. The molecule has 1 heterocycles. The number of hydrogen-bond acceptors (Lipinski definition) is 2. The summed E-state index contributed by atoms with van der Waals surface area (Å²) < 4.78 is 1.69. The third-order valence-corrected chi connectivity index (χ3v) is 1.10. The highest BCUT2D eigenvalue weighted by Crippen LogP contribution is 1.78. The van der Waals surface area contributed by atoms with Crippen molar-refractivity contribution >= 4 is 6.20 Å². The van der Waals surface area contributed by atoms with Crippen molar-refractivity contribution in [2.75, 3.05) is 0 Å². The number of aromatic nitrogens is 2. The van der Waals surface area contributed by atoms with Gasteiger partial charge in [-0.25, -0.2) is 0 Å². The molecular weight excluding hydrogens is 126 g/mol. The Morgan fingerprint density at radius 3 is 3.10 bits per heavy atom. The van der Waals surface area contributed by atoms with E-state index in [4.69, 9.17) is 5.41 Å². The van der Waals surface area contributed by atoms with E-state index in [0.29, 0.717) is 5.49 Å². The van der Waals surface area contributed by atoms with Crippen molar-refractivity contribution in [1.29, 1.82) is 5.41 Å². The van der Waals surface area contributed by atoms with E-state index in [-0.39, 0.29) is 0 Å². The van der Waals surface area contributed by atoms with Crippen molar-refractivity contribution < 1.29 is 0 Å². The van der Waals surface area contributed by atoms with Gasteiger partial charge in [-0.15, -0.1) is 0 Å². The Kier molecular flexibility index (Phi) is 1.99. The van der Waals surface area contributed by atoms with Gasteiger partial charge in [-0.05, 0) is 6.92 Å². The van der Waals surface area contributed by atoms with E-state index in [0.717, 1.165) is 0 Å². The van der Waals surface area contributed by atoms with E-state index in [2.05, 4.69) is 4.98 Å². The molecule has 0 saturated carbocycles. The zero-order valence-corrected chi connectivity index (χ0v) is 5.78. The predicted molar refractivity (Wildman–Crippen MR) is 39.1 cm³/mol. The van der Waals surface area contributed by atoms with Crippen molar-refractivity contribution in [2.24, 2.45) is 0 Å². The van der Waals surface area contributed by atoms with Gasteiger partial charge in [-0.3, -0.25) is 10.4 Å². The number of rotatable bonds is 1. The molecule has 0 aliphatic heterocycles. The Morgan fingerprint density at radius 1 is 1.70 bits per heavy atom. The summed E-state index contributed by atoms with van der Waals surface area (Å²) in [4.78, 5) is 3.78. The normalized spacial score (nSPS) is 10.5. The molecule has 0 unspecified atom stereocenters. The average molecular weight is 135 g/mol. The fourth-order valence-electron chi connectivity index (χ4n) is 0.662. The topological polar surface area (TPSA) is 41.7 Å². The highest BCUT2D eigenvalue weighted by molar-refractivity contribution is 5.19. The molecule has 1 aromatic heterocycles. The summed E-state index contributed by atoms with van der Waals surface area (Å²) in [5, 5.41) is 7.32. The first-order valence-corrected chi connectivity index (χ1v) is 3.04. The van der Waals surface area contributed by atoms with Crippen LogP contribution in [0.3, 0.4) is 0 Å². The molecule has 3 nitrogen and oxygen atoms in total. The molecule has 0 fully saturated rings. The van der Waals surface area contributed by atoms with E-state index in [9.17, 15) is 0 Å². The maximum Gasteiger partial charge on any atom is 0.147 e. The fraction of sp³-hybridized carbons (Fsp3) is 0.143. The van der Waals surface area contributed by atoms with Crippen LogP contribution in [0.4, 0.5) is 0 Å². The molecule has 1 N–H and O–H groups in total. The first kappa shape index (κ1) is 6.74. The molecule has 0 aromatic carbocycles. The average Bonchev–Trinajstić information content (AvgIpc) is 1.94. The Labute approximate surface area is 59.2 Å². The summed E-state index contributed by atoms with van der Waals surface area (Å²) in [7, 11) is 0. The molecular formula is C7H9N3. The maximum atomic E-state index is 7.32. The number of hydrogen-bond donors (Lipinski definition) is 1. The zero-order chi connectivity index (χ0) is 7.40. The molecule has 52 valence electrons. The molecule has 0 bridgehead atoms. The van der Waals surface area contributed by atoms with Crippen LogP contribution in [0.2, 0.25) is 0 Å². The lowest BCUT2D eigenvalue weighted by molar-refractivity contribution is 0.938. The SMILES string of the molecule is C/C=C\n1ccncc1=N. The van der Waals surface area contributed by atoms with Gasteiger partial charge in [-0.2, -0.15) is 0 Å². The van der Waals surface area contributed by atoms with Crippen LogP contribution in [0.1, 0.15) is 6.92 Å². The lowest BCUT2D eigenvalue weighted by Gasteiger charge is -1.94. The van der Waals surface area contributed by atoms with Crippen LogP contribution in [0.5, 0.6) is 0 Å². The van der Waals surface area contributed by atoms with Crippen LogP contribution in [-0.2, 0) is 0 Å². The fourth-order valence-corrected chi connectivity index (χ4v) is 0.662. The number of nitrogens with one attached hydrogen (secondary N) is 1. The zero-order valence-electron chi connectivity index (χ0n) is 5.78. The lowest BCUT2D eigenvalue weighted by atomic mass is 10.6. The summed E-state index contributed by atoms with van der Waals surface area (Å²) >= 11 is 0. The van der Waals surface area contributed by atoms with Crippen LogP contribution in [0.15, 0.2) is 24.7 Å². The largest absolute Gasteiger partial charge is 0.307 e. The van der Waals surface area contributed by atoms with Crippen molar-refractivity contribution in [1.82, 2.24) is 9.55 Å². The first-order chi connectivity index (χ1) is 4.84. The van der Waals surface area contributed by atoms with Gasteiger partial charge < -0.3 is 4.57 Å². The smallest absolute Gasteiger partial charge is 0.147 e. The van der Waals surface area contributed by atoms with Crippen molar-refractivity contribution in [3.63, 3.8) is 0 Å². The van der Waals surface area contributed by atoms with Gasteiger partial charge in [0.2, 0.25) is 0 Å². The molecule has 10 heavy (non-hydrogen) atoms. The highest BCUT2D eigenvalue weighted by atomic mass is 15.0. The quantitative estimate of drug-likeness (QED) is 0.609. The van der Waals surface area contributed by atoms with Gasteiger partial charge in [0, 0.05) is 18.6 Å². The minimum Gasteiger partial charge on any atom is -0.307 e. The van der Waals surface area contributed by atoms with Crippen molar-refractivity contribution in [3.8, 4) is 0 Å². The van der Waals surface area contributed by atoms with E-state index >= 15 is 0 Å². The molecule has 0 spiro atoms. The summed E-state index contributed by atoms with van der Waals surface area (Å²) in [6.07, 6.45) is 8.57. The van der Waals surface area contributed by atoms with Gasteiger partial charge in [0.05, 0.1) is 6.20 Å². The molecule has 0 atom stereocenters. The number of nitrogens with zero attached hydrogens (tertiary/aromatic N) is 2. The Balaban J connectivity index is 3.16. The standard InChI is InChI=1S/C7H9N3/c1-2-4-10-5-3-9-6-7(10)8/h2-6,8H,1H3/b4-2-,8-7?. The van der Waals surface area contributed by atoms with Gasteiger partial charge >= 0.3 is 0 Å². The lowest BCUT2D eigenvalue weighted by Crippen LogP contribution is -2.13. The van der Waals surface area contributed by atoms with Crippen molar-refractivity contribution in [3.05, 3.63) is 30.2 Å². The monoisotopic (exact) mass is 135 g/mol. The second-order valence-electron chi connectivity index (χ2n) is 1.85. The van der Waals surface area contributed by atoms with Crippen LogP contribution in [0, 0.1) is 5.41 Å². The number of allylic oxidation sites excluding steroid dienone is 1. The van der Waals surface area contributed by atoms with Gasteiger partial charge in [-0.1, -0.05) is 6.08 Å². The Morgan fingerprint density at radius 2 is 2.50 bits per heavy atom. The second-order valence-corrected chi connectivity index (χ2v) is 1.85. The molecule has 0 saturated heterocycles. The first-order valence-electron chi connectivity index (χ1n) is 3.04. The molecule has 1 aromatic rings. The Hall–Kier alpha value is -1.38. The summed E-state index contributed by atoms with van der Waals surface area (Å²) in [6.45, 7) is 1.91. The Bertz CT molecular complexity index is 285. The second kappa shape index (κ2) is 2.96. The van der Waals surface area contributed by atoms with Crippen LogP contribution in [-0.4, -0.2) is 9.55 Å². The molecule has 0 radical (unpaired) electrons. The van der Waals surface area contributed by atoms with Crippen LogP contribution < -0.4 is 5.49 Å². The summed E-state index contributed by atoms with van der Waals surface area (Å²) in [5.41, 5.74) is 0.389. The van der Waals surface area contributed by atoms with Gasteiger partial charge in [0.25, 0.3) is 0 Å². The molecule has 0 amide bonds. The van der Waals surface area contributed by atoms with Gasteiger partial charge in [0.1, 0.15) is 5.49 Å². The van der Waals surface area contributed by atoms with E-state index < -0.39 is 0 Å². The van der Waals surface area contributed by atoms with E-state index in [1.165, 1.54) is 6.20 Å².